The highest BCUT2D eigenvalue weighted by molar-refractivity contribution is 7.98. The first-order chi connectivity index (χ1) is 14.1. The molecule has 2 aromatic carbocycles. The van der Waals surface area contributed by atoms with Gasteiger partial charge in [0.05, 0.1) is 17.2 Å². The van der Waals surface area contributed by atoms with E-state index in [4.69, 9.17) is 0 Å². The molecule has 0 saturated carbocycles. The number of carbonyl (C=O) groups excluding carboxylic acids is 1. The molecular formula is C21H16F2N4OS. The lowest BCUT2D eigenvalue weighted by atomic mass is 10.2. The van der Waals surface area contributed by atoms with Crippen LogP contribution in [0.2, 0.25) is 0 Å². The van der Waals surface area contributed by atoms with E-state index in [0.29, 0.717) is 27.6 Å². The third-order valence-electron chi connectivity index (χ3n) is 4.18. The molecule has 1 amide bonds. The average molecular weight is 410 g/mol. The van der Waals surface area contributed by atoms with Crippen molar-refractivity contribution in [2.24, 2.45) is 0 Å². The number of aromatic nitrogens is 3. The van der Waals surface area contributed by atoms with Crippen LogP contribution in [0, 0.1) is 11.6 Å². The van der Waals surface area contributed by atoms with Crippen LogP contribution in [0.15, 0.2) is 72.1 Å². The van der Waals surface area contributed by atoms with Crippen LogP contribution in [-0.2, 0) is 17.1 Å². The van der Waals surface area contributed by atoms with Crippen LogP contribution in [0.3, 0.4) is 0 Å². The van der Waals surface area contributed by atoms with E-state index in [2.05, 4.69) is 15.3 Å². The smallest absolute Gasteiger partial charge is 0.244 e. The normalized spacial score (nSPS) is 11.0. The Morgan fingerprint density at radius 1 is 1.07 bits per heavy atom. The van der Waals surface area contributed by atoms with Crippen molar-refractivity contribution in [2.75, 3.05) is 5.32 Å². The number of imidazole rings is 1. The van der Waals surface area contributed by atoms with Crippen LogP contribution in [0.25, 0.3) is 11.0 Å². The zero-order chi connectivity index (χ0) is 20.2. The van der Waals surface area contributed by atoms with E-state index in [1.807, 2.05) is 6.07 Å². The molecule has 2 aromatic heterocycles. The third-order valence-corrected chi connectivity index (χ3v) is 5.23. The molecule has 4 rings (SSSR count). The number of nitrogens with zero attached hydrogens (tertiary/aromatic N) is 3. The largest absolute Gasteiger partial charge is 0.324 e. The van der Waals surface area contributed by atoms with E-state index in [0.717, 1.165) is 5.56 Å². The fraction of sp³-hybridized carbons (Fsp3) is 0.0952. The van der Waals surface area contributed by atoms with Crippen LogP contribution in [0.4, 0.5) is 14.5 Å². The molecular weight excluding hydrogens is 394 g/mol. The molecule has 2 heterocycles. The van der Waals surface area contributed by atoms with Gasteiger partial charge in [-0.05, 0) is 42.0 Å². The third kappa shape index (κ3) is 4.60. The summed E-state index contributed by atoms with van der Waals surface area (Å²) in [5, 5.41) is 3.30. The lowest BCUT2D eigenvalue weighted by Gasteiger charge is -2.10. The number of amides is 1. The first-order valence-electron chi connectivity index (χ1n) is 8.81. The summed E-state index contributed by atoms with van der Waals surface area (Å²) in [6, 6.07) is 13.8. The molecule has 0 saturated heterocycles. The molecule has 146 valence electrons. The molecule has 5 nitrogen and oxygen atoms in total. The number of fused-ring (bicyclic) bond motifs is 1. The summed E-state index contributed by atoms with van der Waals surface area (Å²) in [5.74, 6) is -0.534. The molecule has 0 fully saturated rings. The Kier molecular flexibility index (Phi) is 5.53. The molecule has 0 unspecified atom stereocenters. The van der Waals surface area contributed by atoms with Gasteiger partial charge in [0.25, 0.3) is 0 Å². The minimum atomic E-state index is -0.425. The first kappa shape index (κ1) is 19.1. The van der Waals surface area contributed by atoms with Crippen LogP contribution >= 0.6 is 11.8 Å². The summed E-state index contributed by atoms with van der Waals surface area (Å²) < 4.78 is 28.5. The topological polar surface area (TPSA) is 59.8 Å². The van der Waals surface area contributed by atoms with Gasteiger partial charge in [-0.2, -0.15) is 0 Å². The van der Waals surface area contributed by atoms with Crippen LogP contribution in [0.5, 0.6) is 0 Å². The van der Waals surface area contributed by atoms with Crippen LogP contribution in [0.1, 0.15) is 5.56 Å². The Morgan fingerprint density at radius 2 is 1.86 bits per heavy atom. The summed E-state index contributed by atoms with van der Waals surface area (Å²) in [6.07, 6.45) is 3.28. The number of hydrogen-bond acceptors (Lipinski definition) is 4. The van der Waals surface area contributed by atoms with Crippen molar-refractivity contribution >= 4 is 34.4 Å². The van der Waals surface area contributed by atoms with Gasteiger partial charge in [-0.25, -0.2) is 13.8 Å². The summed E-state index contributed by atoms with van der Waals surface area (Å²) in [5.41, 5.74) is 2.62. The van der Waals surface area contributed by atoms with Crippen LogP contribution < -0.4 is 5.32 Å². The number of rotatable bonds is 6. The maximum atomic E-state index is 13.4. The Hall–Kier alpha value is -3.26. The lowest BCUT2D eigenvalue weighted by Crippen LogP contribution is -2.19. The summed E-state index contributed by atoms with van der Waals surface area (Å²) in [4.78, 5) is 21.2. The number of hydrogen-bond donors (Lipinski definition) is 1. The van der Waals surface area contributed by atoms with E-state index in [-0.39, 0.29) is 18.3 Å². The van der Waals surface area contributed by atoms with Crippen molar-refractivity contribution in [2.45, 2.75) is 17.5 Å². The van der Waals surface area contributed by atoms with E-state index < -0.39 is 5.82 Å². The van der Waals surface area contributed by atoms with Gasteiger partial charge < -0.3 is 9.88 Å². The fourth-order valence-corrected chi connectivity index (χ4v) is 3.85. The zero-order valence-electron chi connectivity index (χ0n) is 15.2. The molecule has 0 bridgehead atoms. The standard InChI is InChI=1S/C21H16F2N4OS/c22-15-4-1-3-14(9-15)13-29-21-26-18-7-8-24-11-19(18)27(21)12-20(28)25-17-6-2-5-16(23)10-17/h1-11H,12-13H2,(H,25,28). The molecule has 4 aromatic rings. The summed E-state index contributed by atoms with van der Waals surface area (Å²) >= 11 is 1.40. The molecule has 0 spiro atoms. The predicted molar refractivity (Wildman–Crippen MR) is 109 cm³/mol. The van der Waals surface area contributed by atoms with Gasteiger partial charge in [0.15, 0.2) is 5.16 Å². The van der Waals surface area contributed by atoms with E-state index in [9.17, 15) is 13.6 Å². The van der Waals surface area contributed by atoms with Crippen molar-refractivity contribution < 1.29 is 13.6 Å². The molecule has 0 aliphatic carbocycles. The molecule has 8 heteroatoms. The van der Waals surface area contributed by atoms with Gasteiger partial charge in [0.2, 0.25) is 5.91 Å². The highest BCUT2D eigenvalue weighted by atomic mass is 32.2. The van der Waals surface area contributed by atoms with Gasteiger partial charge in [-0.1, -0.05) is 30.0 Å². The second-order valence-electron chi connectivity index (χ2n) is 6.32. The highest BCUT2D eigenvalue weighted by Crippen LogP contribution is 2.27. The van der Waals surface area contributed by atoms with E-state index in [1.165, 1.54) is 42.1 Å². The number of thioether (sulfide) groups is 1. The number of anilines is 1. The van der Waals surface area contributed by atoms with Crippen LogP contribution in [-0.4, -0.2) is 20.4 Å². The average Bonchev–Trinajstić information content (AvgIpc) is 3.04. The monoisotopic (exact) mass is 410 g/mol. The zero-order valence-corrected chi connectivity index (χ0v) is 16.0. The fourth-order valence-electron chi connectivity index (χ4n) is 2.90. The van der Waals surface area contributed by atoms with Gasteiger partial charge in [-0.15, -0.1) is 0 Å². The quantitative estimate of drug-likeness (QED) is 0.471. The van der Waals surface area contributed by atoms with E-state index >= 15 is 0 Å². The second kappa shape index (κ2) is 8.40. The minimum Gasteiger partial charge on any atom is -0.324 e. The minimum absolute atomic E-state index is 0.00973. The molecule has 1 N–H and O–H groups in total. The number of benzene rings is 2. The Labute approximate surface area is 169 Å². The van der Waals surface area contributed by atoms with Crippen molar-refractivity contribution in [3.05, 3.63) is 84.2 Å². The second-order valence-corrected chi connectivity index (χ2v) is 7.26. The molecule has 0 radical (unpaired) electrons. The number of pyridine rings is 1. The van der Waals surface area contributed by atoms with Crippen molar-refractivity contribution in [1.82, 2.24) is 14.5 Å². The van der Waals surface area contributed by atoms with Crippen molar-refractivity contribution in [3.63, 3.8) is 0 Å². The summed E-state index contributed by atoms with van der Waals surface area (Å²) in [6.45, 7) is -0.00973. The maximum Gasteiger partial charge on any atom is 0.244 e. The predicted octanol–water partition coefficient (Wildman–Crippen LogP) is 4.64. The Bertz CT molecular complexity index is 1180. The van der Waals surface area contributed by atoms with Crippen molar-refractivity contribution in [3.8, 4) is 0 Å². The van der Waals surface area contributed by atoms with Gasteiger partial charge in [0, 0.05) is 17.6 Å². The first-order valence-corrected chi connectivity index (χ1v) is 9.80. The number of carbonyl (C=O) groups is 1. The van der Waals surface area contributed by atoms with Gasteiger partial charge in [-0.3, -0.25) is 9.78 Å². The SMILES string of the molecule is O=C(Cn1c(SCc2cccc(F)c2)nc2ccncc21)Nc1cccc(F)c1. The number of halogens is 2. The highest BCUT2D eigenvalue weighted by Gasteiger charge is 2.15. The molecule has 0 aliphatic heterocycles. The maximum absolute atomic E-state index is 13.4. The number of nitrogens with one attached hydrogen (secondary N) is 1. The molecule has 0 aliphatic rings. The molecule has 0 atom stereocenters. The van der Waals surface area contributed by atoms with Gasteiger partial charge in [0.1, 0.15) is 18.2 Å². The van der Waals surface area contributed by atoms with Gasteiger partial charge >= 0.3 is 0 Å². The summed E-state index contributed by atoms with van der Waals surface area (Å²) in [7, 11) is 0. The lowest BCUT2D eigenvalue weighted by molar-refractivity contribution is -0.116. The van der Waals surface area contributed by atoms with Crippen molar-refractivity contribution in [1.29, 1.82) is 0 Å². The van der Waals surface area contributed by atoms with E-state index in [1.54, 1.807) is 35.2 Å². The molecule has 29 heavy (non-hydrogen) atoms. The Morgan fingerprint density at radius 3 is 2.66 bits per heavy atom. The Balaban J connectivity index is 1.57.